The maximum absolute atomic E-state index is 13.0. The molecule has 5 nitrogen and oxygen atoms in total. The van der Waals surface area contributed by atoms with E-state index in [-0.39, 0.29) is 17.1 Å². The second-order valence-electron chi connectivity index (χ2n) is 7.47. The molecule has 1 aliphatic heterocycles. The Hall–Kier alpha value is -3.86. The number of carbonyl (C=O) groups excluding carboxylic acids is 2. The number of aliphatic hydroxyl groups excluding tert-OH is 1. The Morgan fingerprint density at radius 3 is 2.07 bits per heavy atom. The van der Waals surface area contributed by atoms with Gasteiger partial charge in [0.2, 0.25) is 0 Å². The van der Waals surface area contributed by atoms with Crippen LogP contribution in [0.4, 0.5) is 5.69 Å². The predicted molar refractivity (Wildman–Crippen MR) is 115 cm³/mol. The molecule has 1 saturated heterocycles. The van der Waals surface area contributed by atoms with Crippen molar-refractivity contribution in [3.63, 3.8) is 0 Å². The lowest BCUT2D eigenvalue weighted by Gasteiger charge is -2.25. The van der Waals surface area contributed by atoms with Crippen LogP contribution in [0.5, 0.6) is 5.75 Å². The van der Waals surface area contributed by atoms with E-state index in [4.69, 9.17) is 0 Å². The summed E-state index contributed by atoms with van der Waals surface area (Å²) in [6.45, 7) is 3.86. The Morgan fingerprint density at radius 1 is 0.867 bits per heavy atom. The maximum Gasteiger partial charge on any atom is 0.300 e. The molecule has 0 radical (unpaired) electrons. The zero-order valence-electron chi connectivity index (χ0n) is 16.7. The van der Waals surface area contributed by atoms with Crippen molar-refractivity contribution in [3.8, 4) is 5.75 Å². The summed E-state index contributed by atoms with van der Waals surface area (Å²) in [6.07, 6.45) is 0. The average Bonchev–Trinajstić information content (AvgIpc) is 3.00. The lowest BCUT2D eigenvalue weighted by molar-refractivity contribution is -0.132. The zero-order chi connectivity index (χ0) is 21.4. The molecule has 1 aliphatic rings. The minimum Gasteiger partial charge on any atom is -0.508 e. The largest absolute Gasteiger partial charge is 0.508 e. The number of carbonyl (C=O) groups is 2. The van der Waals surface area contributed by atoms with Crippen LogP contribution in [0, 0.1) is 13.8 Å². The molecule has 150 valence electrons. The molecule has 1 heterocycles. The molecular weight excluding hydrogens is 378 g/mol. The summed E-state index contributed by atoms with van der Waals surface area (Å²) in [5.74, 6) is -1.71. The monoisotopic (exact) mass is 399 g/mol. The maximum atomic E-state index is 13.0. The summed E-state index contributed by atoms with van der Waals surface area (Å²) < 4.78 is 0. The highest BCUT2D eigenvalue weighted by Gasteiger charge is 2.47. The first-order chi connectivity index (χ1) is 14.4. The van der Waals surface area contributed by atoms with E-state index < -0.39 is 17.7 Å². The van der Waals surface area contributed by atoms with Crippen molar-refractivity contribution in [3.05, 3.63) is 101 Å². The van der Waals surface area contributed by atoms with Crippen molar-refractivity contribution in [2.24, 2.45) is 0 Å². The second-order valence-corrected chi connectivity index (χ2v) is 7.47. The van der Waals surface area contributed by atoms with Gasteiger partial charge in [-0.3, -0.25) is 14.5 Å². The van der Waals surface area contributed by atoms with Gasteiger partial charge in [0.25, 0.3) is 11.7 Å². The molecule has 3 aromatic rings. The van der Waals surface area contributed by atoms with Gasteiger partial charge in [-0.1, -0.05) is 59.7 Å². The number of amides is 1. The number of hydrogen-bond donors (Lipinski definition) is 2. The van der Waals surface area contributed by atoms with Crippen LogP contribution in [-0.2, 0) is 9.59 Å². The SMILES string of the molecule is Cc1ccc(/C(O)=C2/C(=O)C(=O)N(c3ccc(C)cc3)C2c2cccc(O)c2)cc1. The first-order valence-electron chi connectivity index (χ1n) is 9.60. The van der Waals surface area contributed by atoms with Crippen LogP contribution in [-0.4, -0.2) is 21.9 Å². The highest BCUT2D eigenvalue weighted by atomic mass is 16.3. The first kappa shape index (κ1) is 19.5. The van der Waals surface area contributed by atoms with E-state index in [2.05, 4.69) is 0 Å². The lowest BCUT2D eigenvalue weighted by atomic mass is 9.94. The van der Waals surface area contributed by atoms with Crippen molar-refractivity contribution >= 4 is 23.1 Å². The van der Waals surface area contributed by atoms with Crippen LogP contribution in [0.25, 0.3) is 5.76 Å². The molecule has 0 bridgehead atoms. The number of nitrogens with zero attached hydrogens (tertiary/aromatic N) is 1. The smallest absolute Gasteiger partial charge is 0.300 e. The molecule has 30 heavy (non-hydrogen) atoms. The molecule has 0 saturated carbocycles. The molecule has 1 unspecified atom stereocenters. The van der Waals surface area contributed by atoms with E-state index >= 15 is 0 Å². The minimum atomic E-state index is -0.860. The molecule has 0 spiro atoms. The number of hydrogen-bond acceptors (Lipinski definition) is 4. The molecule has 0 aromatic heterocycles. The number of aliphatic hydroxyl groups is 1. The van der Waals surface area contributed by atoms with Gasteiger partial charge in [-0.25, -0.2) is 0 Å². The van der Waals surface area contributed by atoms with Crippen LogP contribution in [0.2, 0.25) is 0 Å². The molecule has 5 heteroatoms. The fourth-order valence-corrected chi connectivity index (χ4v) is 3.68. The number of Topliss-reactive ketones (excluding diaryl/α,β-unsaturated/α-hetero) is 1. The van der Waals surface area contributed by atoms with E-state index in [9.17, 15) is 19.8 Å². The molecule has 2 N–H and O–H groups in total. The van der Waals surface area contributed by atoms with Gasteiger partial charge >= 0.3 is 0 Å². The summed E-state index contributed by atoms with van der Waals surface area (Å²) >= 11 is 0. The number of phenolic OH excluding ortho intramolecular Hbond substituents is 1. The Balaban J connectivity index is 1.95. The minimum absolute atomic E-state index is 0.00460. The molecule has 0 aliphatic carbocycles. The Kier molecular flexibility index (Phi) is 4.88. The predicted octanol–water partition coefficient (Wildman–Crippen LogP) is 4.64. The topological polar surface area (TPSA) is 77.8 Å². The average molecular weight is 399 g/mol. The highest BCUT2D eigenvalue weighted by Crippen LogP contribution is 2.42. The second kappa shape index (κ2) is 7.52. The van der Waals surface area contributed by atoms with Gasteiger partial charge < -0.3 is 10.2 Å². The number of phenols is 1. The first-order valence-corrected chi connectivity index (χ1v) is 9.60. The number of aryl methyl sites for hydroxylation is 2. The molecule has 1 atom stereocenters. The Morgan fingerprint density at radius 2 is 1.47 bits per heavy atom. The van der Waals surface area contributed by atoms with Crippen molar-refractivity contribution in [2.75, 3.05) is 4.90 Å². The third-order valence-electron chi connectivity index (χ3n) is 5.27. The van der Waals surface area contributed by atoms with Gasteiger partial charge in [0.05, 0.1) is 11.6 Å². The van der Waals surface area contributed by atoms with E-state index in [1.807, 2.05) is 38.1 Å². The fourth-order valence-electron chi connectivity index (χ4n) is 3.68. The van der Waals surface area contributed by atoms with Gasteiger partial charge in [-0.05, 0) is 43.7 Å². The van der Waals surface area contributed by atoms with Crippen LogP contribution >= 0.6 is 0 Å². The molecule has 1 amide bonds. The molecular formula is C25H21NO4. The van der Waals surface area contributed by atoms with Gasteiger partial charge in [0.1, 0.15) is 11.5 Å². The van der Waals surface area contributed by atoms with Crippen LogP contribution in [0.1, 0.15) is 28.3 Å². The van der Waals surface area contributed by atoms with E-state index in [0.717, 1.165) is 11.1 Å². The number of benzene rings is 3. The van der Waals surface area contributed by atoms with E-state index in [1.54, 1.807) is 36.4 Å². The van der Waals surface area contributed by atoms with Gasteiger partial charge in [-0.15, -0.1) is 0 Å². The highest BCUT2D eigenvalue weighted by molar-refractivity contribution is 6.51. The molecule has 1 fully saturated rings. The number of ketones is 1. The summed E-state index contributed by atoms with van der Waals surface area (Å²) in [5, 5.41) is 21.0. The van der Waals surface area contributed by atoms with Gasteiger partial charge in [-0.2, -0.15) is 0 Å². The van der Waals surface area contributed by atoms with Crippen molar-refractivity contribution in [1.29, 1.82) is 0 Å². The Bertz CT molecular complexity index is 1160. The third kappa shape index (κ3) is 3.35. The standard InChI is InChI=1S/C25H21NO4/c1-15-6-10-17(11-7-15)23(28)21-22(18-4-3-5-20(27)14-18)26(25(30)24(21)29)19-12-8-16(2)9-13-19/h3-14,22,27-28H,1-2H3/b23-21-. The summed E-state index contributed by atoms with van der Waals surface area (Å²) in [6, 6.07) is 19.8. The van der Waals surface area contributed by atoms with E-state index in [0.29, 0.717) is 16.8 Å². The zero-order valence-corrected chi connectivity index (χ0v) is 16.7. The van der Waals surface area contributed by atoms with Crippen molar-refractivity contribution in [2.45, 2.75) is 19.9 Å². The quantitative estimate of drug-likeness (QED) is 0.382. The van der Waals surface area contributed by atoms with E-state index in [1.165, 1.54) is 17.0 Å². The van der Waals surface area contributed by atoms with Gasteiger partial charge in [0, 0.05) is 11.3 Å². The third-order valence-corrected chi connectivity index (χ3v) is 5.27. The van der Waals surface area contributed by atoms with Crippen molar-refractivity contribution < 1.29 is 19.8 Å². The van der Waals surface area contributed by atoms with Crippen molar-refractivity contribution in [1.82, 2.24) is 0 Å². The molecule has 4 rings (SSSR count). The molecule has 3 aromatic carbocycles. The fraction of sp³-hybridized carbons (Fsp3) is 0.120. The number of aromatic hydroxyl groups is 1. The Labute approximate surface area is 174 Å². The van der Waals surface area contributed by atoms with Crippen LogP contribution in [0.3, 0.4) is 0 Å². The number of rotatable bonds is 3. The summed E-state index contributed by atoms with van der Waals surface area (Å²) in [5.41, 5.74) is 3.55. The summed E-state index contributed by atoms with van der Waals surface area (Å²) in [4.78, 5) is 27.4. The van der Waals surface area contributed by atoms with Crippen LogP contribution < -0.4 is 4.90 Å². The normalized spacial score (nSPS) is 18.1. The lowest BCUT2D eigenvalue weighted by Crippen LogP contribution is -2.29. The number of anilines is 1. The van der Waals surface area contributed by atoms with Crippen LogP contribution in [0.15, 0.2) is 78.4 Å². The summed E-state index contributed by atoms with van der Waals surface area (Å²) in [7, 11) is 0. The van der Waals surface area contributed by atoms with Gasteiger partial charge in [0.15, 0.2) is 0 Å².